The lowest BCUT2D eigenvalue weighted by Crippen LogP contribution is -2.52. The van der Waals surface area contributed by atoms with E-state index in [2.05, 4.69) is 20.8 Å². The molecule has 5 rings (SSSR count). The smallest absolute Gasteiger partial charge is 0.242 e. The molecule has 0 atom stereocenters. The standard InChI is InChI=1S/C23H35NO3S/c1-22(2,3)20-5-7-21(8-6-20)28(25,26)24(4)9-10-27-23-14-17-11-18(15-23)13-19(12-17)16-23/h5-8,17-19H,9-16H2,1-4H3. The summed E-state index contributed by atoms with van der Waals surface area (Å²) >= 11 is 0. The maximum Gasteiger partial charge on any atom is 0.242 e. The van der Waals surface area contributed by atoms with Crippen LogP contribution in [-0.2, 0) is 20.2 Å². The van der Waals surface area contributed by atoms with Crippen molar-refractivity contribution in [3.63, 3.8) is 0 Å². The van der Waals surface area contributed by atoms with Crippen molar-refractivity contribution in [3.8, 4) is 0 Å². The second-order valence-corrected chi connectivity index (χ2v) is 12.6. The van der Waals surface area contributed by atoms with Gasteiger partial charge >= 0.3 is 0 Å². The summed E-state index contributed by atoms with van der Waals surface area (Å²) in [5.74, 6) is 2.53. The highest BCUT2D eigenvalue weighted by Gasteiger charge is 2.51. The second kappa shape index (κ2) is 7.10. The molecular formula is C23H35NO3S. The van der Waals surface area contributed by atoms with Gasteiger partial charge in [0.1, 0.15) is 0 Å². The fourth-order valence-electron chi connectivity index (χ4n) is 6.03. The van der Waals surface area contributed by atoms with Gasteiger partial charge in [-0.2, -0.15) is 4.31 Å². The first-order valence-electron chi connectivity index (χ1n) is 10.8. The summed E-state index contributed by atoms with van der Waals surface area (Å²) in [6.07, 6.45) is 7.72. The number of ether oxygens (including phenoxy) is 1. The second-order valence-electron chi connectivity index (χ2n) is 10.5. The molecule has 0 saturated heterocycles. The Morgan fingerprint density at radius 1 is 1.00 bits per heavy atom. The first-order chi connectivity index (χ1) is 13.1. The molecule has 4 fully saturated rings. The highest BCUT2D eigenvalue weighted by molar-refractivity contribution is 7.89. The van der Waals surface area contributed by atoms with Crippen molar-refractivity contribution in [2.75, 3.05) is 20.2 Å². The molecule has 0 heterocycles. The topological polar surface area (TPSA) is 46.6 Å². The summed E-state index contributed by atoms with van der Waals surface area (Å²) in [6.45, 7) is 7.28. The van der Waals surface area contributed by atoms with Gasteiger partial charge in [-0.15, -0.1) is 0 Å². The van der Waals surface area contributed by atoms with E-state index in [1.807, 2.05) is 12.1 Å². The van der Waals surface area contributed by atoms with Crippen LogP contribution in [0, 0.1) is 17.8 Å². The summed E-state index contributed by atoms with van der Waals surface area (Å²) in [6, 6.07) is 7.30. The molecular weight excluding hydrogens is 370 g/mol. The Bertz CT molecular complexity index is 772. The fourth-order valence-corrected chi connectivity index (χ4v) is 7.18. The van der Waals surface area contributed by atoms with E-state index < -0.39 is 10.0 Å². The molecule has 156 valence electrons. The number of benzene rings is 1. The minimum absolute atomic E-state index is 0.0138. The monoisotopic (exact) mass is 405 g/mol. The number of nitrogens with zero attached hydrogens (tertiary/aromatic N) is 1. The van der Waals surface area contributed by atoms with Gasteiger partial charge in [0, 0.05) is 13.6 Å². The highest BCUT2D eigenvalue weighted by atomic mass is 32.2. The molecule has 5 heteroatoms. The summed E-state index contributed by atoms with van der Waals surface area (Å²) in [4.78, 5) is 0.359. The van der Waals surface area contributed by atoms with Crippen LogP contribution in [-0.4, -0.2) is 38.5 Å². The zero-order valence-electron chi connectivity index (χ0n) is 17.8. The molecule has 0 aliphatic heterocycles. The van der Waals surface area contributed by atoms with E-state index in [0.717, 1.165) is 23.3 Å². The lowest BCUT2D eigenvalue weighted by Gasteiger charge is -2.56. The van der Waals surface area contributed by atoms with Crippen LogP contribution in [0.15, 0.2) is 29.2 Å². The molecule has 1 aromatic carbocycles. The quantitative estimate of drug-likeness (QED) is 0.695. The molecule has 0 radical (unpaired) electrons. The third-order valence-corrected chi connectivity index (χ3v) is 9.10. The van der Waals surface area contributed by atoms with E-state index in [9.17, 15) is 8.42 Å². The molecule has 4 aliphatic rings. The third kappa shape index (κ3) is 3.90. The first kappa shape index (κ1) is 20.4. The Kier molecular flexibility index (Phi) is 5.17. The van der Waals surface area contributed by atoms with Gasteiger partial charge < -0.3 is 4.74 Å². The van der Waals surface area contributed by atoms with E-state index in [1.54, 1.807) is 19.2 Å². The Balaban J connectivity index is 1.36. The minimum atomic E-state index is -3.48. The predicted molar refractivity (Wildman–Crippen MR) is 112 cm³/mol. The van der Waals surface area contributed by atoms with E-state index in [1.165, 1.54) is 42.8 Å². The van der Waals surface area contributed by atoms with Gasteiger partial charge in [-0.25, -0.2) is 8.42 Å². The Morgan fingerprint density at radius 2 is 1.50 bits per heavy atom. The molecule has 0 aromatic heterocycles. The van der Waals surface area contributed by atoms with Gasteiger partial charge in [-0.05, 0) is 79.4 Å². The molecule has 4 bridgehead atoms. The molecule has 4 nitrogen and oxygen atoms in total. The van der Waals surface area contributed by atoms with E-state index in [4.69, 9.17) is 4.74 Å². The third-order valence-electron chi connectivity index (χ3n) is 7.22. The maximum absolute atomic E-state index is 12.9. The minimum Gasteiger partial charge on any atom is -0.374 e. The van der Waals surface area contributed by atoms with Crippen LogP contribution < -0.4 is 0 Å². The highest BCUT2D eigenvalue weighted by Crippen LogP contribution is 2.57. The number of likely N-dealkylation sites (N-methyl/N-ethyl adjacent to an activating group) is 1. The maximum atomic E-state index is 12.9. The Morgan fingerprint density at radius 3 is 1.96 bits per heavy atom. The van der Waals surface area contributed by atoms with Crippen molar-refractivity contribution in [2.24, 2.45) is 17.8 Å². The molecule has 0 amide bonds. The lowest BCUT2D eigenvalue weighted by atomic mass is 9.54. The summed E-state index contributed by atoms with van der Waals surface area (Å²) in [7, 11) is -1.81. The van der Waals surface area contributed by atoms with E-state index >= 15 is 0 Å². The number of hydrogen-bond donors (Lipinski definition) is 0. The van der Waals surface area contributed by atoms with Gasteiger partial charge in [0.25, 0.3) is 0 Å². The number of rotatable bonds is 6. The zero-order valence-corrected chi connectivity index (χ0v) is 18.6. The Labute approximate surface area is 170 Å². The molecule has 0 unspecified atom stereocenters. The lowest BCUT2D eigenvalue weighted by molar-refractivity contribution is -0.162. The van der Waals surface area contributed by atoms with Crippen LogP contribution in [0.3, 0.4) is 0 Å². The summed E-state index contributed by atoms with van der Waals surface area (Å²) < 4.78 is 33.7. The van der Waals surface area contributed by atoms with Crippen molar-refractivity contribution in [2.45, 2.75) is 75.2 Å². The molecule has 0 spiro atoms. The fraction of sp³-hybridized carbons (Fsp3) is 0.739. The van der Waals surface area contributed by atoms with Crippen LogP contribution >= 0.6 is 0 Å². The van der Waals surface area contributed by atoms with Crippen LogP contribution in [0.5, 0.6) is 0 Å². The SMILES string of the molecule is CN(CCOC12CC3CC(CC(C3)C1)C2)S(=O)(=O)c1ccc(C(C)(C)C)cc1. The van der Waals surface area contributed by atoms with Crippen molar-refractivity contribution >= 4 is 10.0 Å². The number of hydrogen-bond acceptors (Lipinski definition) is 3. The van der Waals surface area contributed by atoms with Gasteiger partial charge in [0.15, 0.2) is 0 Å². The van der Waals surface area contributed by atoms with Crippen LogP contribution in [0.25, 0.3) is 0 Å². The van der Waals surface area contributed by atoms with Crippen molar-refractivity contribution in [1.82, 2.24) is 4.31 Å². The zero-order chi connectivity index (χ0) is 20.2. The largest absolute Gasteiger partial charge is 0.374 e. The average molecular weight is 406 g/mol. The molecule has 1 aromatic rings. The summed E-state index contributed by atoms with van der Waals surface area (Å²) in [5.41, 5.74) is 1.19. The van der Waals surface area contributed by atoms with Crippen molar-refractivity contribution in [3.05, 3.63) is 29.8 Å². The van der Waals surface area contributed by atoms with Gasteiger partial charge in [0.2, 0.25) is 10.0 Å². The van der Waals surface area contributed by atoms with Gasteiger partial charge in [-0.3, -0.25) is 0 Å². The van der Waals surface area contributed by atoms with Crippen molar-refractivity contribution in [1.29, 1.82) is 0 Å². The van der Waals surface area contributed by atoms with Crippen LogP contribution in [0.1, 0.15) is 64.9 Å². The Hall–Kier alpha value is -0.910. The van der Waals surface area contributed by atoms with Crippen LogP contribution in [0.4, 0.5) is 0 Å². The van der Waals surface area contributed by atoms with E-state index in [-0.39, 0.29) is 11.0 Å². The van der Waals surface area contributed by atoms with Crippen molar-refractivity contribution < 1.29 is 13.2 Å². The molecule has 4 aliphatic carbocycles. The predicted octanol–water partition coefficient (Wildman–Crippen LogP) is 4.59. The summed E-state index contributed by atoms with van der Waals surface area (Å²) in [5, 5.41) is 0. The van der Waals surface area contributed by atoms with Gasteiger partial charge in [0.05, 0.1) is 17.1 Å². The average Bonchev–Trinajstić information content (AvgIpc) is 2.59. The van der Waals surface area contributed by atoms with Crippen LogP contribution in [0.2, 0.25) is 0 Å². The first-order valence-corrected chi connectivity index (χ1v) is 12.2. The molecule has 28 heavy (non-hydrogen) atoms. The molecule has 4 saturated carbocycles. The van der Waals surface area contributed by atoms with Gasteiger partial charge in [-0.1, -0.05) is 32.9 Å². The number of sulfonamides is 1. The van der Waals surface area contributed by atoms with E-state index in [0.29, 0.717) is 18.0 Å². The normalized spacial score (nSPS) is 32.2. The molecule has 0 N–H and O–H groups in total.